The third kappa shape index (κ3) is 5.14. The molecule has 1 rings (SSSR count). The predicted octanol–water partition coefficient (Wildman–Crippen LogP) is -0.327. The minimum atomic E-state index is -0.985. The topological polar surface area (TPSA) is 92.9 Å². The van der Waals surface area contributed by atoms with E-state index in [0.717, 1.165) is 12.8 Å². The highest BCUT2D eigenvalue weighted by atomic mass is 16.5. The number of amides is 1. The number of nitrogens with two attached hydrogens (primary N) is 1. The smallest absolute Gasteiger partial charge is 0.323 e. The first-order valence-corrected chi connectivity index (χ1v) is 5.79. The largest absolute Gasteiger partial charge is 0.480 e. The highest BCUT2D eigenvalue weighted by Gasteiger charge is 2.28. The Hall–Kier alpha value is -1.14. The molecule has 1 unspecified atom stereocenters. The van der Waals surface area contributed by atoms with Gasteiger partial charge >= 0.3 is 5.97 Å². The van der Waals surface area contributed by atoms with Crippen LogP contribution in [0.4, 0.5) is 0 Å². The van der Waals surface area contributed by atoms with Crippen molar-refractivity contribution in [3.63, 3.8) is 0 Å². The van der Waals surface area contributed by atoms with Crippen LogP contribution in [0, 0.1) is 5.92 Å². The normalized spacial score (nSPS) is 16.6. The van der Waals surface area contributed by atoms with Crippen LogP contribution < -0.4 is 5.73 Å². The van der Waals surface area contributed by atoms with Crippen molar-refractivity contribution in [1.82, 2.24) is 4.90 Å². The quantitative estimate of drug-likeness (QED) is 0.610. The van der Waals surface area contributed by atoms with Crippen LogP contribution in [0.25, 0.3) is 0 Å². The van der Waals surface area contributed by atoms with E-state index in [1.807, 2.05) is 0 Å². The maximum absolute atomic E-state index is 11.9. The Labute approximate surface area is 101 Å². The first-order chi connectivity index (χ1) is 8.06. The van der Waals surface area contributed by atoms with Gasteiger partial charge in [0.15, 0.2) is 0 Å². The Kier molecular flexibility index (Phi) is 5.37. The lowest BCUT2D eigenvalue weighted by Crippen LogP contribution is -2.40. The van der Waals surface area contributed by atoms with Gasteiger partial charge in [-0.25, -0.2) is 0 Å². The zero-order chi connectivity index (χ0) is 12.8. The van der Waals surface area contributed by atoms with Crippen molar-refractivity contribution < 1.29 is 19.4 Å². The van der Waals surface area contributed by atoms with E-state index in [9.17, 15) is 9.59 Å². The van der Waals surface area contributed by atoms with Gasteiger partial charge in [-0.1, -0.05) is 0 Å². The summed E-state index contributed by atoms with van der Waals surface area (Å²) < 4.78 is 5.03. The number of nitrogens with zero attached hydrogens (tertiary/aromatic N) is 1. The van der Waals surface area contributed by atoms with Gasteiger partial charge in [-0.05, 0) is 18.8 Å². The molecule has 98 valence electrons. The zero-order valence-corrected chi connectivity index (χ0v) is 10.1. The first-order valence-electron chi connectivity index (χ1n) is 5.79. The zero-order valence-electron chi connectivity index (χ0n) is 10.1. The number of carboxylic acid groups (broad SMARTS) is 1. The van der Waals surface area contributed by atoms with Gasteiger partial charge in [-0.3, -0.25) is 9.59 Å². The third-order valence-electron chi connectivity index (χ3n) is 2.85. The standard InChI is InChI=1S/C11H20N2O4/c1-17-9(5-12)4-10(14)13(7-11(15)16)6-8-2-3-8/h8-9H,2-7,12H2,1H3,(H,15,16). The monoisotopic (exact) mass is 244 g/mol. The predicted molar refractivity (Wildman–Crippen MR) is 61.4 cm³/mol. The van der Waals surface area contributed by atoms with Gasteiger partial charge in [0.1, 0.15) is 6.54 Å². The molecule has 0 heterocycles. The molecule has 6 heteroatoms. The fourth-order valence-electron chi connectivity index (χ4n) is 1.62. The Morgan fingerprint density at radius 3 is 2.59 bits per heavy atom. The Bertz CT molecular complexity index is 275. The van der Waals surface area contributed by atoms with E-state index in [1.54, 1.807) is 0 Å². The van der Waals surface area contributed by atoms with Crippen LogP contribution in [-0.4, -0.2) is 54.7 Å². The molecule has 17 heavy (non-hydrogen) atoms. The van der Waals surface area contributed by atoms with Crippen molar-refractivity contribution in [2.75, 3.05) is 26.7 Å². The molecule has 1 aliphatic carbocycles. The second-order valence-corrected chi connectivity index (χ2v) is 4.41. The number of hydrogen-bond donors (Lipinski definition) is 2. The van der Waals surface area contributed by atoms with Crippen LogP contribution in [-0.2, 0) is 14.3 Å². The minimum absolute atomic E-state index is 0.146. The Morgan fingerprint density at radius 1 is 1.53 bits per heavy atom. The van der Waals surface area contributed by atoms with E-state index in [2.05, 4.69) is 0 Å². The molecule has 1 atom stereocenters. The third-order valence-corrected chi connectivity index (χ3v) is 2.85. The van der Waals surface area contributed by atoms with E-state index < -0.39 is 5.97 Å². The molecule has 0 aliphatic heterocycles. The molecule has 0 saturated heterocycles. The molecule has 0 aromatic rings. The van der Waals surface area contributed by atoms with Crippen LogP contribution in [0.5, 0.6) is 0 Å². The summed E-state index contributed by atoms with van der Waals surface area (Å²) in [5.41, 5.74) is 5.43. The number of rotatable bonds is 8. The molecule has 1 aliphatic rings. The van der Waals surface area contributed by atoms with E-state index in [1.165, 1.54) is 12.0 Å². The van der Waals surface area contributed by atoms with Crippen molar-refractivity contribution in [3.8, 4) is 0 Å². The molecule has 0 spiro atoms. The van der Waals surface area contributed by atoms with E-state index in [4.69, 9.17) is 15.6 Å². The number of hydrogen-bond acceptors (Lipinski definition) is 4. The molecule has 1 amide bonds. The number of methoxy groups -OCH3 is 1. The summed E-state index contributed by atoms with van der Waals surface area (Å²) in [6.45, 7) is 0.551. The van der Waals surface area contributed by atoms with Gasteiger partial charge in [0.25, 0.3) is 0 Å². The van der Waals surface area contributed by atoms with Crippen LogP contribution in [0.3, 0.4) is 0 Å². The average Bonchev–Trinajstić information content (AvgIpc) is 3.07. The summed E-state index contributed by atoms with van der Waals surface area (Å²) in [4.78, 5) is 24.0. The van der Waals surface area contributed by atoms with Crippen LogP contribution in [0.2, 0.25) is 0 Å². The highest BCUT2D eigenvalue weighted by molar-refractivity contribution is 5.81. The molecule has 3 N–H and O–H groups in total. The number of aliphatic carboxylic acids is 1. The van der Waals surface area contributed by atoms with E-state index >= 15 is 0 Å². The summed E-state index contributed by atoms with van der Waals surface area (Å²) in [5, 5.41) is 8.76. The molecular formula is C11H20N2O4. The number of carboxylic acids is 1. The lowest BCUT2D eigenvalue weighted by atomic mass is 10.2. The van der Waals surface area contributed by atoms with Crippen LogP contribution >= 0.6 is 0 Å². The summed E-state index contributed by atoms with van der Waals surface area (Å²) in [7, 11) is 1.49. The van der Waals surface area contributed by atoms with Crippen LogP contribution in [0.1, 0.15) is 19.3 Å². The SMILES string of the molecule is COC(CN)CC(=O)N(CC(=O)O)CC1CC1. The molecule has 0 aromatic carbocycles. The maximum Gasteiger partial charge on any atom is 0.323 e. The lowest BCUT2D eigenvalue weighted by molar-refractivity contribution is -0.145. The Balaban J connectivity index is 2.48. The molecule has 0 aromatic heterocycles. The first kappa shape index (κ1) is 13.9. The van der Waals surface area contributed by atoms with Gasteiger partial charge in [0, 0.05) is 20.2 Å². The van der Waals surface area contributed by atoms with Gasteiger partial charge in [0.2, 0.25) is 5.91 Å². The van der Waals surface area contributed by atoms with Crippen LogP contribution in [0.15, 0.2) is 0 Å². The average molecular weight is 244 g/mol. The second-order valence-electron chi connectivity index (χ2n) is 4.41. The van der Waals surface area contributed by atoms with Crippen molar-refractivity contribution in [3.05, 3.63) is 0 Å². The fourth-order valence-corrected chi connectivity index (χ4v) is 1.62. The van der Waals surface area contributed by atoms with Crippen molar-refractivity contribution in [2.45, 2.75) is 25.4 Å². The fraction of sp³-hybridized carbons (Fsp3) is 0.818. The van der Waals surface area contributed by atoms with Gasteiger partial charge in [-0.15, -0.1) is 0 Å². The summed E-state index contributed by atoms with van der Waals surface area (Å²) in [5.74, 6) is -0.713. The van der Waals surface area contributed by atoms with Gasteiger partial charge in [-0.2, -0.15) is 0 Å². The molecule has 6 nitrogen and oxygen atoms in total. The van der Waals surface area contributed by atoms with E-state index in [-0.39, 0.29) is 31.5 Å². The molecule has 1 fully saturated rings. The van der Waals surface area contributed by atoms with Gasteiger partial charge in [0.05, 0.1) is 12.5 Å². The molecule has 1 saturated carbocycles. The number of ether oxygens (including phenoxy) is 1. The lowest BCUT2D eigenvalue weighted by Gasteiger charge is -2.22. The van der Waals surface area contributed by atoms with E-state index in [0.29, 0.717) is 12.5 Å². The number of carbonyl (C=O) groups is 2. The minimum Gasteiger partial charge on any atom is -0.480 e. The maximum atomic E-state index is 11.9. The summed E-state index contributed by atoms with van der Waals surface area (Å²) in [6, 6.07) is 0. The summed E-state index contributed by atoms with van der Waals surface area (Å²) >= 11 is 0. The Morgan fingerprint density at radius 2 is 2.18 bits per heavy atom. The number of carbonyl (C=O) groups excluding carboxylic acids is 1. The van der Waals surface area contributed by atoms with Gasteiger partial charge < -0.3 is 20.5 Å². The second kappa shape index (κ2) is 6.56. The molecular weight excluding hydrogens is 224 g/mol. The molecule has 0 radical (unpaired) electrons. The van der Waals surface area contributed by atoms with Crippen molar-refractivity contribution in [2.24, 2.45) is 11.7 Å². The molecule has 0 bridgehead atoms. The summed E-state index contributed by atoms with van der Waals surface area (Å²) in [6.07, 6.45) is 1.97. The van der Waals surface area contributed by atoms with Crippen molar-refractivity contribution in [1.29, 1.82) is 0 Å². The van der Waals surface area contributed by atoms with Crippen molar-refractivity contribution >= 4 is 11.9 Å². The highest BCUT2D eigenvalue weighted by Crippen LogP contribution is 2.29.